The number of ether oxygens (including phenoxy) is 1. The van der Waals surface area contributed by atoms with Crippen LogP contribution in [0.5, 0.6) is 0 Å². The predicted molar refractivity (Wildman–Crippen MR) is 64.3 cm³/mol. The van der Waals surface area contributed by atoms with E-state index in [-0.39, 0.29) is 6.26 Å². The normalized spacial score (nSPS) is 16.7. The maximum atomic E-state index is 14.1. The van der Waals surface area contributed by atoms with Crippen molar-refractivity contribution in [2.24, 2.45) is 0 Å². The average molecular weight is 376 g/mol. The number of alkyl halides is 7. The summed E-state index contributed by atoms with van der Waals surface area (Å²) in [6, 6.07) is 0. The molecule has 0 aromatic heterocycles. The van der Waals surface area contributed by atoms with E-state index in [4.69, 9.17) is 0 Å². The zero-order chi connectivity index (χ0) is 18.9. The minimum Gasteiger partial charge on any atom is -0.247 e. The molecule has 0 radical (unpaired) electrons. The van der Waals surface area contributed by atoms with Crippen molar-refractivity contribution in [2.45, 2.75) is 36.0 Å². The van der Waals surface area contributed by atoms with Crippen LogP contribution in [0.4, 0.5) is 35.1 Å². The van der Waals surface area contributed by atoms with Crippen molar-refractivity contribution < 1.29 is 48.3 Å². The Morgan fingerprint density at radius 3 is 1.83 bits per heavy atom. The van der Waals surface area contributed by atoms with E-state index in [0.29, 0.717) is 6.08 Å². The third kappa shape index (κ3) is 4.43. The summed E-state index contributed by atoms with van der Waals surface area (Å²) in [7, 11) is -5.89. The number of allylic oxidation sites excluding steroid dienone is 2. The number of halogens is 8. The molecule has 0 fully saturated rings. The third-order valence-corrected chi connectivity index (χ3v) is 3.69. The zero-order valence-corrected chi connectivity index (χ0v) is 12.4. The number of sulfone groups is 1. The lowest BCUT2D eigenvalue weighted by atomic mass is 9.95. The molecule has 0 N–H and O–H groups in total. The van der Waals surface area contributed by atoms with Gasteiger partial charge >= 0.3 is 17.5 Å². The van der Waals surface area contributed by atoms with Gasteiger partial charge in [0.05, 0.1) is 5.83 Å². The van der Waals surface area contributed by atoms with Gasteiger partial charge in [-0.2, -0.15) is 26.3 Å². The first kappa shape index (κ1) is 21.8. The van der Waals surface area contributed by atoms with Crippen LogP contribution in [-0.4, -0.2) is 37.8 Å². The summed E-state index contributed by atoms with van der Waals surface area (Å²) in [4.78, 5) is 0. The van der Waals surface area contributed by atoms with Crippen LogP contribution in [0.15, 0.2) is 25.1 Å². The van der Waals surface area contributed by atoms with Crippen molar-refractivity contribution >= 4 is 9.84 Å². The van der Waals surface area contributed by atoms with Crippen LogP contribution in [0.2, 0.25) is 0 Å². The van der Waals surface area contributed by atoms with Crippen LogP contribution < -0.4 is 0 Å². The monoisotopic (exact) mass is 376 g/mol. The van der Waals surface area contributed by atoms with Crippen LogP contribution >= 0.6 is 0 Å². The lowest BCUT2D eigenvalue weighted by molar-refractivity contribution is -0.440. The first-order valence-electron chi connectivity index (χ1n) is 5.60. The van der Waals surface area contributed by atoms with Gasteiger partial charge in [-0.25, -0.2) is 21.9 Å². The molecule has 0 saturated carbocycles. The van der Waals surface area contributed by atoms with E-state index in [1.54, 1.807) is 0 Å². The predicted octanol–water partition coefficient (Wildman–Crippen LogP) is 3.98. The first-order valence-corrected chi connectivity index (χ1v) is 7.49. The smallest absolute Gasteiger partial charge is 0.247 e. The summed E-state index contributed by atoms with van der Waals surface area (Å²) in [6.07, 6.45) is -15.2. The van der Waals surface area contributed by atoms with Gasteiger partial charge in [0.25, 0.3) is 0 Å². The van der Waals surface area contributed by atoms with Crippen LogP contribution in [0.3, 0.4) is 0 Å². The summed E-state index contributed by atoms with van der Waals surface area (Å²) >= 11 is 0. The molecule has 136 valence electrons. The van der Waals surface area contributed by atoms with Crippen molar-refractivity contribution in [1.82, 2.24) is 0 Å². The Kier molecular flexibility index (Phi) is 6.06. The van der Waals surface area contributed by atoms with Gasteiger partial charge in [0.15, 0.2) is 0 Å². The molecule has 0 aliphatic heterocycles. The lowest BCUT2D eigenvalue weighted by Gasteiger charge is -2.35. The zero-order valence-electron chi connectivity index (χ0n) is 11.6. The average Bonchev–Trinajstić information content (AvgIpc) is 2.24. The van der Waals surface area contributed by atoms with Crippen molar-refractivity contribution in [3.63, 3.8) is 0 Å². The molecule has 0 spiro atoms. The number of rotatable bonds is 9. The standard InChI is InChI=1S/C11H12F8O3S/c1-4-5-8(13,6-7(2)12)9(14,15)22-10(16,17)11(18,19)23(3,20)21/h4H,1-2,5-6H2,3H3. The van der Waals surface area contributed by atoms with E-state index in [1.165, 1.54) is 0 Å². The van der Waals surface area contributed by atoms with Crippen molar-refractivity contribution in [3.05, 3.63) is 25.1 Å². The minimum absolute atomic E-state index is 0.363. The molecule has 23 heavy (non-hydrogen) atoms. The van der Waals surface area contributed by atoms with Crippen LogP contribution in [0.25, 0.3) is 0 Å². The molecular weight excluding hydrogens is 364 g/mol. The maximum absolute atomic E-state index is 14.1. The molecule has 0 amide bonds. The molecule has 0 aromatic rings. The fraction of sp³-hybridized carbons (Fsp3) is 0.636. The van der Waals surface area contributed by atoms with Gasteiger partial charge in [0.1, 0.15) is 0 Å². The van der Waals surface area contributed by atoms with Gasteiger partial charge in [-0.05, 0) is 0 Å². The van der Waals surface area contributed by atoms with E-state index >= 15 is 0 Å². The summed E-state index contributed by atoms with van der Waals surface area (Å²) in [6.45, 7) is 5.30. The Morgan fingerprint density at radius 1 is 1.09 bits per heavy atom. The Balaban J connectivity index is 5.84. The second-order valence-electron chi connectivity index (χ2n) is 4.58. The van der Waals surface area contributed by atoms with Crippen molar-refractivity contribution in [1.29, 1.82) is 0 Å². The Morgan fingerprint density at radius 2 is 1.52 bits per heavy atom. The van der Waals surface area contributed by atoms with Crippen LogP contribution in [0, 0.1) is 0 Å². The topological polar surface area (TPSA) is 43.4 Å². The molecular formula is C11H12F8O3S. The highest BCUT2D eigenvalue weighted by molar-refractivity contribution is 7.91. The summed E-state index contributed by atoms with van der Waals surface area (Å²) < 4.78 is 130. The number of hydrogen-bond acceptors (Lipinski definition) is 3. The van der Waals surface area contributed by atoms with Gasteiger partial charge < -0.3 is 0 Å². The van der Waals surface area contributed by atoms with Crippen LogP contribution in [0.1, 0.15) is 12.8 Å². The van der Waals surface area contributed by atoms with Crippen LogP contribution in [-0.2, 0) is 14.6 Å². The van der Waals surface area contributed by atoms with Crippen molar-refractivity contribution in [2.75, 3.05) is 6.26 Å². The molecule has 0 aliphatic carbocycles. The molecule has 3 nitrogen and oxygen atoms in total. The SMILES string of the molecule is C=CCC(F)(CC(=C)F)C(F)(F)OC(F)(F)C(F)(F)S(C)(=O)=O. The highest BCUT2D eigenvalue weighted by Crippen LogP contribution is 2.49. The minimum atomic E-state index is -6.29. The van der Waals surface area contributed by atoms with E-state index in [0.717, 1.165) is 0 Å². The largest absolute Gasteiger partial charge is 0.439 e. The summed E-state index contributed by atoms with van der Waals surface area (Å²) in [5, 5.41) is -6.08. The van der Waals surface area contributed by atoms with E-state index in [1.807, 2.05) is 0 Å². The second-order valence-corrected chi connectivity index (χ2v) is 6.63. The molecule has 0 saturated heterocycles. The summed E-state index contributed by atoms with van der Waals surface area (Å²) in [5.74, 6) is -1.71. The molecule has 1 atom stereocenters. The van der Waals surface area contributed by atoms with Gasteiger partial charge in [-0.3, -0.25) is 0 Å². The lowest BCUT2D eigenvalue weighted by Crippen LogP contribution is -2.56. The number of hydrogen-bond donors (Lipinski definition) is 0. The third-order valence-electron chi connectivity index (χ3n) is 2.52. The van der Waals surface area contributed by atoms with Gasteiger partial charge in [-0.15, -0.1) is 6.58 Å². The molecule has 0 heterocycles. The molecule has 0 aromatic carbocycles. The molecule has 1 unspecified atom stereocenters. The first-order chi connectivity index (χ1) is 9.93. The molecule has 0 bridgehead atoms. The highest BCUT2D eigenvalue weighted by Gasteiger charge is 2.71. The van der Waals surface area contributed by atoms with Gasteiger partial charge in [-0.1, -0.05) is 12.7 Å². The fourth-order valence-corrected chi connectivity index (χ4v) is 1.83. The fourth-order valence-electron chi connectivity index (χ4n) is 1.35. The Hall–Kier alpha value is -1.17. The Bertz CT molecular complexity index is 572. The summed E-state index contributed by atoms with van der Waals surface area (Å²) in [5.41, 5.74) is -4.24. The van der Waals surface area contributed by atoms with Gasteiger partial charge in [0.2, 0.25) is 15.5 Å². The molecule has 0 rings (SSSR count). The van der Waals surface area contributed by atoms with E-state index < -0.39 is 51.6 Å². The highest BCUT2D eigenvalue weighted by atomic mass is 32.2. The molecule has 0 aliphatic rings. The maximum Gasteiger partial charge on any atom is 0.439 e. The quantitative estimate of drug-likeness (QED) is 0.452. The van der Waals surface area contributed by atoms with Crippen molar-refractivity contribution in [3.8, 4) is 0 Å². The van der Waals surface area contributed by atoms with E-state index in [9.17, 15) is 43.5 Å². The second kappa shape index (κ2) is 6.38. The Labute approximate surface area is 126 Å². The molecule has 12 heteroatoms. The van der Waals surface area contributed by atoms with Gasteiger partial charge in [0, 0.05) is 19.1 Å². The van der Waals surface area contributed by atoms with E-state index in [2.05, 4.69) is 17.9 Å².